The Morgan fingerprint density at radius 1 is 1.50 bits per heavy atom. The second kappa shape index (κ2) is 5.15. The van der Waals surface area contributed by atoms with Gasteiger partial charge < -0.3 is 0 Å². The van der Waals surface area contributed by atoms with Crippen LogP contribution in [0.3, 0.4) is 0 Å². The summed E-state index contributed by atoms with van der Waals surface area (Å²) in [7, 11) is 0. The van der Waals surface area contributed by atoms with Crippen LogP contribution in [0.5, 0.6) is 0 Å². The molecule has 58 valence electrons. The van der Waals surface area contributed by atoms with Gasteiger partial charge in [0.1, 0.15) is 6.21 Å². The number of carbonyl (C=O) groups excluding carboxylic acids is 1. The number of carbonyl (C=O) groups is 1. The van der Waals surface area contributed by atoms with Crippen molar-refractivity contribution in [3.63, 3.8) is 0 Å². The zero-order chi connectivity index (χ0) is 7.98. The fourth-order valence-electron chi connectivity index (χ4n) is 0.839. The molecule has 2 heteroatoms. The highest BCUT2D eigenvalue weighted by atomic mass is 16.1. The SMILES string of the molecule is CCC=[N+](CCC)C(C)=O. The quantitative estimate of drug-likeness (QED) is 0.431. The van der Waals surface area contributed by atoms with Crippen LogP contribution in [0.2, 0.25) is 0 Å². The van der Waals surface area contributed by atoms with Gasteiger partial charge in [0.15, 0.2) is 6.54 Å². The highest BCUT2D eigenvalue weighted by Gasteiger charge is 2.06. The molecule has 0 fully saturated rings. The maximum absolute atomic E-state index is 10.8. The molecule has 0 aliphatic heterocycles. The smallest absolute Gasteiger partial charge is 0.220 e. The number of hydrogen-bond donors (Lipinski definition) is 0. The van der Waals surface area contributed by atoms with E-state index in [0.717, 1.165) is 19.4 Å². The Morgan fingerprint density at radius 2 is 2.10 bits per heavy atom. The summed E-state index contributed by atoms with van der Waals surface area (Å²) >= 11 is 0. The van der Waals surface area contributed by atoms with E-state index in [4.69, 9.17) is 0 Å². The Kier molecular flexibility index (Phi) is 4.81. The average molecular weight is 142 g/mol. The third-order valence-electron chi connectivity index (χ3n) is 1.27. The van der Waals surface area contributed by atoms with Gasteiger partial charge in [0.25, 0.3) is 0 Å². The van der Waals surface area contributed by atoms with Crippen LogP contribution in [-0.2, 0) is 4.79 Å². The molecular formula is C8H16NO+. The zero-order valence-corrected chi connectivity index (χ0v) is 7.05. The van der Waals surface area contributed by atoms with Crippen LogP contribution >= 0.6 is 0 Å². The van der Waals surface area contributed by atoms with Crippen LogP contribution in [0.15, 0.2) is 0 Å². The second-order valence-electron chi connectivity index (χ2n) is 2.30. The van der Waals surface area contributed by atoms with Crippen molar-refractivity contribution in [3.8, 4) is 0 Å². The molecule has 0 saturated carbocycles. The lowest BCUT2D eigenvalue weighted by molar-refractivity contribution is -0.444. The van der Waals surface area contributed by atoms with Crippen LogP contribution in [0.25, 0.3) is 0 Å². The lowest BCUT2D eigenvalue weighted by atomic mass is 10.4. The van der Waals surface area contributed by atoms with Crippen LogP contribution in [-0.4, -0.2) is 23.2 Å². The molecule has 0 unspecified atom stereocenters. The summed E-state index contributed by atoms with van der Waals surface area (Å²) in [4.78, 5) is 10.8. The fourth-order valence-corrected chi connectivity index (χ4v) is 0.839. The molecule has 0 saturated heterocycles. The molecule has 0 aliphatic carbocycles. The lowest BCUT2D eigenvalue weighted by Crippen LogP contribution is -2.19. The fraction of sp³-hybridized carbons (Fsp3) is 0.750. The molecular weight excluding hydrogens is 126 g/mol. The normalized spacial score (nSPS) is 11.7. The Bertz CT molecular complexity index is 138. The molecule has 0 bridgehead atoms. The van der Waals surface area contributed by atoms with Crippen molar-refractivity contribution in [3.05, 3.63) is 0 Å². The summed E-state index contributed by atoms with van der Waals surface area (Å²) in [6, 6.07) is 0. The molecule has 0 aromatic rings. The first kappa shape index (κ1) is 9.34. The van der Waals surface area contributed by atoms with Crippen molar-refractivity contribution in [2.24, 2.45) is 0 Å². The van der Waals surface area contributed by atoms with E-state index in [0.29, 0.717) is 0 Å². The first-order valence-corrected chi connectivity index (χ1v) is 3.82. The summed E-state index contributed by atoms with van der Waals surface area (Å²) in [6.45, 7) is 6.55. The third kappa shape index (κ3) is 3.38. The Morgan fingerprint density at radius 3 is 2.40 bits per heavy atom. The maximum Gasteiger partial charge on any atom is 0.383 e. The molecule has 0 radical (unpaired) electrons. The standard InChI is InChI=1S/C8H16NO/c1-4-6-9(7-5-2)8(3)10/h6H,4-5,7H2,1-3H3/q+1. The molecule has 0 aromatic carbocycles. The molecule has 0 spiro atoms. The Hall–Kier alpha value is -0.660. The highest BCUT2D eigenvalue weighted by molar-refractivity contribution is 5.69. The summed E-state index contributed by atoms with van der Waals surface area (Å²) in [5.41, 5.74) is 0. The third-order valence-corrected chi connectivity index (χ3v) is 1.27. The predicted octanol–water partition coefficient (Wildman–Crippen LogP) is 1.44. The first-order valence-electron chi connectivity index (χ1n) is 3.82. The van der Waals surface area contributed by atoms with Crippen LogP contribution < -0.4 is 0 Å². The number of nitrogens with zero attached hydrogens (tertiary/aromatic N) is 1. The van der Waals surface area contributed by atoms with Gasteiger partial charge in [-0.1, -0.05) is 13.8 Å². The van der Waals surface area contributed by atoms with E-state index in [1.54, 1.807) is 11.5 Å². The summed E-state index contributed by atoms with van der Waals surface area (Å²) in [5.74, 6) is 0.142. The molecule has 0 N–H and O–H groups in total. The van der Waals surface area contributed by atoms with Crippen molar-refractivity contribution < 1.29 is 9.37 Å². The maximum atomic E-state index is 10.8. The van der Waals surface area contributed by atoms with Gasteiger partial charge in [-0.2, -0.15) is 4.58 Å². The second-order valence-corrected chi connectivity index (χ2v) is 2.30. The Balaban J connectivity index is 3.98. The van der Waals surface area contributed by atoms with E-state index in [2.05, 4.69) is 6.92 Å². The van der Waals surface area contributed by atoms with Crippen molar-refractivity contribution >= 4 is 12.1 Å². The van der Waals surface area contributed by atoms with Gasteiger partial charge in [-0.25, -0.2) is 4.79 Å². The first-order chi connectivity index (χ1) is 4.72. The predicted molar refractivity (Wildman–Crippen MR) is 42.5 cm³/mol. The van der Waals surface area contributed by atoms with Gasteiger partial charge in [0.05, 0.1) is 6.92 Å². The van der Waals surface area contributed by atoms with Gasteiger partial charge in [-0.05, 0) is 0 Å². The molecule has 1 amide bonds. The van der Waals surface area contributed by atoms with Gasteiger partial charge in [0.2, 0.25) is 0 Å². The molecule has 2 nitrogen and oxygen atoms in total. The number of hydrogen-bond acceptors (Lipinski definition) is 1. The molecule has 0 aliphatic rings. The van der Waals surface area contributed by atoms with Crippen molar-refractivity contribution in [1.29, 1.82) is 0 Å². The summed E-state index contributed by atoms with van der Waals surface area (Å²) in [6.07, 6.45) is 3.89. The Labute approximate surface area is 62.6 Å². The topological polar surface area (TPSA) is 20.1 Å². The zero-order valence-electron chi connectivity index (χ0n) is 7.05. The van der Waals surface area contributed by atoms with Crippen LogP contribution in [0, 0.1) is 0 Å². The van der Waals surface area contributed by atoms with E-state index < -0.39 is 0 Å². The lowest BCUT2D eigenvalue weighted by Gasteiger charge is -1.93. The van der Waals surface area contributed by atoms with Crippen LogP contribution in [0.4, 0.5) is 0 Å². The summed E-state index contributed by atoms with van der Waals surface area (Å²) < 4.78 is 1.76. The minimum Gasteiger partial charge on any atom is -0.220 e. The number of amides is 1. The minimum absolute atomic E-state index is 0.142. The molecule has 0 rings (SSSR count). The van der Waals surface area contributed by atoms with Crippen LogP contribution in [0.1, 0.15) is 33.6 Å². The van der Waals surface area contributed by atoms with E-state index in [1.807, 2.05) is 13.1 Å². The molecule has 0 aromatic heterocycles. The molecule has 0 atom stereocenters. The van der Waals surface area contributed by atoms with Crippen molar-refractivity contribution in [1.82, 2.24) is 0 Å². The van der Waals surface area contributed by atoms with E-state index in [1.165, 1.54) is 0 Å². The van der Waals surface area contributed by atoms with Gasteiger partial charge >= 0.3 is 5.91 Å². The van der Waals surface area contributed by atoms with Gasteiger partial charge in [0, 0.05) is 12.8 Å². The minimum atomic E-state index is 0.142. The largest absolute Gasteiger partial charge is 0.383 e. The van der Waals surface area contributed by atoms with Crippen molar-refractivity contribution in [2.45, 2.75) is 33.6 Å². The monoisotopic (exact) mass is 142 g/mol. The van der Waals surface area contributed by atoms with Gasteiger partial charge in [-0.15, -0.1) is 0 Å². The number of rotatable bonds is 3. The van der Waals surface area contributed by atoms with E-state index in [-0.39, 0.29) is 5.91 Å². The average Bonchev–Trinajstić information content (AvgIpc) is 1.87. The van der Waals surface area contributed by atoms with E-state index in [9.17, 15) is 4.79 Å². The highest BCUT2D eigenvalue weighted by Crippen LogP contribution is 1.82. The van der Waals surface area contributed by atoms with Gasteiger partial charge in [-0.3, -0.25) is 0 Å². The molecule has 0 heterocycles. The van der Waals surface area contributed by atoms with E-state index >= 15 is 0 Å². The molecule has 10 heavy (non-hydrogen) atoms. The summed E-state index contributed by atoms with van der Waals surface area (Å²) in [5, 5.41) is 0. The van der Waals surface area contributed by atoms with Crippen molar-refractivity contribution in [2.75, 3.05) is 6.54 Å².